The molecule has 4 aliphatic rings. The number of nitrogens with zero attached hydrogens (tertiary/aromatic N) is 6. The fourth-order valence-electron chi connectivity index (χ4n) is 6.91. The fraction of sp³-hybridized carbons (Fsp3) is 0.419. The summed E-state index contributed by atoms with van der Waals surface area (Å²) in [6.45, 7) is 0. The molecule has 0 saturated heterocycles. The van der Waals surface area contributed by atoms with Gasteiger partial charge in [0.1, 0.15) is 5.82 Å². The molecule has 1 aromatic carbocycles. The van der Waals surface area contributed by atoms with Crippen molar-refractivity contribution in [2.45, 2.75) is 74.4 Å². The van der Waals surface area contributed by atoms with E-state index in [9.17, 15) is 17.6 Å². The Bertz CT molecular complexity index is 1880. The summed E-state index contributed by atoms with van der Waals surface area (Å²) in [7, 11) is -2.15. The van der Waals surface area contributed by atoms with Crippen LogP contribution in [-0.2, 0) is 23.5 Å². The molecule has 12 heteroatoms. The van der Waals surface area contributed by atoms with E-state index in [0.29, 0.717) is 36.6 Å². The molecule has 2 atom stereocenters. The molecule has 3 fully saturated rings. The SMILES string of the molecule is Cn1ccc(S(=O)(=O)N(C2CC2)[C@H]2CCC3=Cc4c(cnn4-c4ccc(F)cc4)C[C@]3(C(=O)c3nc(C4CC4)cs3)C2)n1. The largest absolute Gasteiger partial charge is 0.290 e. The minimum Gasteiger partial charge on any atom is -0.290 e. The van der Waals surface area contributed by atoms with Gasteiger partial charge in [0.25, 0.3) is 10.0 Å². The summed E-state index contributed by atoms with van der Waals surface area (Å²) in [5.41, 5.74) is 3.56. The van der Waals surface area contributed by atoms with E-state index >= 15 is 0 Å². The lowest BCUT2D eigenvalue weighted by atomic mass is 9.61. The number of halogens is 1. The molecular weight excluding hydrogens is 588 g/mol. The van der Waals surface area contributed by atoms with Crippen LogP contribution in [0.2, 0.25) is 0 Å². The van der Waals surface area contributed by atoms with Gasteiger partial charge in [-0.1, -0.05) is 5.57 Å². The number of Topliss-reactive ketones (excluding diaryl/α,β-unsaturated/α-hetero) is 1. The number of hydrogen-bond acceptors (Lipinski definition) is 7. The van der Waals surface area contributed by atoms with Gasteiger partial charge in [-0.15, -0.1) is 11.3 Å². The monoisotopic (exact) mass is 618 g/mol. The molecule has 9 nitrogen and oxygen atoms in total. The van der Waals surface area contributed by atoms with E-state index in [-0.39, 0.29) is 28.7 Å². The van der Waals surface area contributed by atoms with Crippen molar-refractivity contribution in [2.24, 2.45) is 12.5 Å². The molecule has 0 unspecified atom stereocenters. The van der Waals surface area contributed by atoms with E-state index in [4.69, 9.17) is 4.98 Å². The summed E-state index contributed by atoms with van der Waals surface area (Å²) >= 11 is 1.40. The van der Waals surface area contributed by atoms with Gasteiger partial charge in [0.15, 0.2) is 10.0 Å². The number of fused-ring (bicyclic) bond motifs is 2. The van der Waals surface area contributed by atoms with Crippen molar-refractivity contribution >= 4 is 33.2 Å². The van der Waals surface area contributed by atoms with Gasteiger partial charge >= 0.3 is 0 Å². The van der Waals surface area contributed by atoms with Gasteiger partial charge < -0.3 is 0 Å². The van der Waals surface area contributed by atoms with Gasteiger partial charge in [0, 0.05) is 36.6 Å². The molecule has 3 saturated carbocycles. The van der Waals surface area contributed by atoms with Crippen LogP contribution in [0.25, 0.3) is 11.8 Å². The highest BCUT2D eigenvalue weighted by Crippen LogP contribution is 2.53. The molecule has 4 aromatic rings. The van der Waals surface area contributed by atoms with Gasteiger partial charge in [-0.05, 0) is 93.3 Å². The average molecular weight is 619 g/mol. The van der Waals surface area contributed by atoms with Crippen LogP contribution in [0.3, 0.4) is 0 Å². The molecule has 0 amide bonds. The topological polar surface area (TPSA) is 103 Å². The van der Waals surface area contributed by atoms with E-state index in [1.807, 2.05) is 5.38 Å². The number of aryl methyl sites for hydroxylation is 1. The maximum atomic E-state index is 14.7. The van der Waals surface area contributed by atoms with Gasteiger partial charge in [-0.2, -0.15) is 14.5 Å². The van der Waals surface area contributed by atoms with Crippen LogP contribution < -0.4 is 0 Å². The van der Waals surface area contributed by atoms with E-state index < -0.39 is 15.4 Å². The van der Waals surface area contributed by atoms with Crippen LogP contribution in [0.4, 0.5) is 4.39 Å². The number of benzene rings is 1. The number of ketones is 1. The Morgan fingerprint density at radius 2 is 1.88 bits per heavy atom. The first-order chi connectivity index (χ1) is 20.7. The smallest absolute Gasteiger partial charge is 0.262 e. The molecule has 0 spiro atoms. The first kappa shape index (κ1) is 27.1. The van der Waals surface area contributed by atoms with Crippen molar-refractivity contribution < 1.29 is 17.6 Å². The Labute approximate surface area is 253 Å². The molecule has 3 heterocycles. The van der Waals surface area contributed by atoms with Crippen LogP contribution in [0.5, 0.6) is 0 Å². The summed E-state index contributed by atoms with van der Waals surface area (Å²) in [4.78, 5) is 19.5. The van der Waals surface area contributed by atoms with Crippen LogP contribution in [-0.4, -0.2) is 55.1 Å². The predicted molar refractivity (Wildman–Crippen MR) is 159 cm³/mol. The standard InChI is InChI=1S/C31H31FN6O3S2/c1-36-13-12-28(35-36)43(40,41)38(24-10-11-24)25-7-4-21-14-27-20(17-33-37(27)23-8-5-22(32)6-9-23)15-31(21,16-25)29(39)30-34-26(18-42-30)19-2-3-19/h5-6,8-9,12-14,17-19,24-25H,2-4,7,10-11,15-16H2,1H3/t25-,31-/m0/s1. The second-order valence-corrected chi connectivity index (χ2v) is 15.0. The molecular formula is C31H31FN6O3S2. The Hall–Kier alpha value is -3.48. The van der Waals surface area contributed by atoms with Crippen LogP contribution >= 0.6 is 11.3 Å². The number of rotatable bonds is 8. The van der Waals surface area contributed by atoms with Crippen LogP contribution in [0.15, 0.2) is 58.7 Å². The third-order valence-corrected chi connectivity index (χ3v) is 12.1. The van der Waals surface area contributed by atoms with Crippen LogP contribution in [0.1, 0.15) is 77.6 Å². The van der Waals surface area contributed by atoms with Crippen LogP contribution in [0, 0.1) is 11.2 Å². The first-order valence-corrected chi connectivity index (χ1v) is 17.1. The lowest BCUT2D eigenvalue weighted by Gasteiger charge is -2.46. The van der Waals surface area contributed by atoms with Crippen molar-refractivity contribution in [2.75, 3.05) is 0 Å². The number of thiazole rings is 1. The maximum absolute atomic E-state index is 14.7. The average Bonchev–Trinajstić information content (AvgIpc) is 3.88. The Balaban J connectivity index is 1.21. The molecule has 0 N–H and O–H groups in total. The van der Waals surface area contributed by atoms with Crippen molar-refractivity contribution in [1.29, 1.82) is 0 Å². The number of carbonyl (C=O) groups excluding carboxylic acids is 1. The number of sulfonamides is 1. The van der Waals surface area contributed by atoms with Gasteiger partial charge in [0.2, 0.25) is 5.78 Å². The maximum Gasteiger partial charge on any atom is 0.262 e. The Kier molecular flexibility index (Phi) is 6.15. The number of hydrogen-bond donors (Lipinski definition) is 0. The zero-order valence-electron chi connectivity index (χ0n) is 23.7. The molecule has 8 rings (SSSR count). The second kappa shape index (κ2) is 9.76. The van der Waals surface area contributed by atoms with E-state index in [1.54, 1.807) is 46.6 Å². The normalized spacial score (nSPS) is 23.6. The summed E-state index contributed by atoms with van der Waals surface area (Å²) in [5, 5.41) is 11.4. The van der Waals surface area contributed by atoms with Gasteiger partial charge in [-0.25, -0.2) is 22.5 Å². The molecule has 0 aliphatic heterocycles. The lowest BCUT2D eigenvalue weighted by Crippen LogP contribution is -2.51. The van der Waals surface area contributed by atoms with Crippen molar-refractivity contribution in [3.05, 3.63) is 81.5 Å². The third kappa shape index (κ3) is 4.53. The van der Waals surface area contributed by atoms with Crippen molar-refractivity contribution in [3.63, 3.8) is 0 Å². The highest BCUT2D eigenvalue weighted by Gasteiger charge is 2.54. The second-order valence-electron chi connectivity index (χ2n) is 12.3. The molecule has 0 bridgehead atoms. The first-order valence-electron chi connectivity index (χ1n) is 14.8. The summed E-state index contributed by atoms with van der Waals surface area (Å²) in [5.74, 6) is 0.0812. The Morgan fingerprint density at radius 3 is 2.58 bits per heavy atom. The molecule has 4 aliphatic carbocycles. The van der Waals surface area contributed by atoms with Gasteiger partial charge in [0.05, 0.1) is 28.7 Å². The molecule has 43 heavy (non-hydrogen) atoms. The van der Waals surface area contributed by atoms with E-state index in [0.717, 1.165) is 53.9 Å². The highest BCUT2D eigenvalue weighted by molar-refractivity contribution is 7.89. The fourth-order valence-corrected chi connectivity index (χ4v) is 9.70. The van der Waals surface area contributed by atoms with Crippen molar-refractivity contribution in [3.8, 4) is 5.69 Å². The zero-order valence-corrected chi connectivity index (χ0v) is 25.3. The van der Waals surface area contributed by atoms with Crippen molar-refractivity contribution in [1.82, 2.24) is 28.9 Å². The third-order valence-electron chi connectivity index (χ3n) is 9.35. The van der Waals surface area contributed by atoms with Gasteiger partial charge in [-0.3, -0.25) is 9.48 Å². The predicted octanol–water partition coefficient (Wildman–Crippen LogP) is 5.29. The summed E-state index contributed by atoms with van der Waals surface area (Å²) < 4.78 is 46.6. The number of aromatic nitrogens is 5. The lowest BCUT2D eigenvalue weighted by molar-refractivity contribution is 0.0738. The molecule has 222 valence electrons. The summed E-state index contributed by atoms with van der Waals surface area (Å²) in [6, 6.07) is 7.31. The quantitative estimate of drug-likeness (QED) is 0.249. The van der Waals surface area contributed by atoms with E-state index in [2.05, 4.69) is 16.3 Å². The molecule has 3 aromatic heterocycles. The minimum atomic E-state index is -3.86. The molecule has 0 radical (unpaired) electrons. The highest BCUT2D eigenvalue weighted by atomic mass is 32.2. The number of carbonyl (C=O) groups is 1. The van der Waals surface area contributed by atoms with E-state index in [1.165, 1.54) is 28.2 Å². The Morgan fingerprint density at radius 1 is 1.09 bits per heavy atom. The zero-order chi connectivity index (χ0) is 29.5. The summed E-state index contributed by atoms with van der Waals surface area (Å²) in [6.07, 6.45) is 11.3. The minimum absolute atomic E-state index is 0.0356. The number of allylic oxidation sites excluding steroid dienone is 1.